The summed E-state index contributed by atoms with van der Waals surface area (Å²) in [6.07, 6.45) is 0. The molecular weight excluding hydrogens is 316 g/mol. The number of ether oxygens (including phenoxy) is 1. The van der Waals surface area contributed by atoms with Crippen molar-refractivity contribution < 1.29 is 14.3 Å². The molecule has 1 heterocycles. The number of hydrogen-bond acceptors (Lipinski definition) is 4. The van der Waals surface area contributed by atoms with Crippen molar-refractivity contribution in [2.24, 2.45) is 0 Å². The summed E-state index contributed by atoms with van der Waals surface area (Å²) in [6, 6.07) is 14.9. The zero-order chi connectivity index (χ0) is 17.8. The van der Waals surface area contributed by atoms with Crippen LogP contribution in [0.25, 0.3) is 0 Å². The molecule has 2 aromatic rings. The zero-order valence-corrected chi connectivity index (χ0v) is 14.6. The number of amides is 2. The zero-order valence-electron chi connectivity index (χ0n) is 14.6. The number of imide groups is 1. The second kappa shape index (κ2) is 7.49. The molecule has 0 spiro atoms. The monoisotopic (exact) mass is 338 g/mol. The lowest BCUT2D eigenvalue weighted by atomic mass is 10.1. The van der Waals surface area contributed by atoms with E-state index in [2.05, 4.69) is 4.90 Å². The van der Waals surface area contributed by atoms with Crippen LogP contribution in [0, 0.1) is 6.92 Å². The Hall–Kier alpha value is -2.66. The first-order valence-corrected chi connectivity index (χ1v) is 8.40. The number of para-hydroxylation sites is 1. The first-order chi connectivity index (χ1) is 12.1. The lowest BCUT2D eigenvalue weighted by Gasteiger charge is -2.21. The summed E-state index contributed by atoms with van der Waals surface area (Å²) >= 11 is 0. The summed E-state index contributed by atoms with van der Waals surface area (Å²) in [4.78, 5) is 28.0. The maximum absolute atomic E-state index is 12.3. The largest absolute Gasteiger partial charge is 0.492 e. The minimum atomic E-state index is -0.204. The quantitative estimate of drug-likeness (QED) is 0.728. The standard InChI is InChI=1S/C20H22N2O3/c1-15-7-3-6-10-18(15)25-14-13-21(2)11-12-22-19(23)16-8-4-5-9-17(16)20(22)24/h3-10H,11-14H2,1-2H3. The Labute approximate surface area is 147 Å². The minimum absolute atomic E-state index is 0.204. The molecule has 5 nitrogen and oxygen atoms in total. The van der Waals surface area contributed by atoms with E-state index in [1.807, 2.05) is 38.2 Å². The van der Waals surface area contributed by atoms with Gasteiger partial charge in [0.25, 0.3) is 11.8 Å². The number of carbonyl (C=O) groups is 2. The first-order valence-electron chi connectivity index (χ1n) is 8.40. The van der Waals surface area contributed by atoms with Gasteiger partial charge in [0.2, 0.25) is 0 Å². The molecule has 3 rings (SSSR count). The van der Waals surface area contributed by atoms with Gasteiger partial charge in [-0.3, -0.25) is 14.5 Å². The molecule has 0 aliphatic carbocycles. The number of benzene rings is 2. The Balaban J connectivity index is 1.47. The lowest BCUT2D eigenvalue weighted by molar-refractivity contribution is 0.0639. The average Bonchev–Trinajstić information content (AvgIpc) is 2.86. The molecule has 0 radical (unpaired) electrons. The van der Waals surface area contributed by atoms with Crippen LogP contribution in [0.3, 0.4) is 0 Å². The van der Waals surface area contributed by atoms with Crippen LogP contribution in [-0.2, 0) is 0 Å². The summed E-state index contributed by atoms with van der Waals surface area (Å²) in [5.74, 6) is 0.478. The van der Waals surface area contributed by atoms with Crippen LogP contribution in [-0.4, -0.2) is 54.9 Å². The molecule has 0 saturated carbocycles. The summed E-state index contributed by atoms with van der Waals surface area (Å²) < 4.78 is 5.78. The molecule has 0 atom stereocenters. The number of rotatable bonds is 7. The number of carbonyl (C=O) groups excluding carboxylic acids is 2. The third kappa shape index (κ3) is 3.72. The summed E-state index contributed by atoms with van der Waals surface area (Å²) in [5.41, 5.74) is 2.10. The third-order valence-corrected chi connectivity index (χ3v) is 4.41. The number of aryl methyl sites for hydroxylation is 1. The highest BCUT2D eigenvalue weighted by Crippen LogP contribution is 2.22. The number of likely N-dealkylation sites (N-methyl/N-ethyl adjacent to an activating group) is 1. The molecule has 2 amide bonds. The number of hydrogen-bond donors (Lipinski definition) is 0. The van der Waals surface area contributed by atoms with Crippen molar-refractivity contribution in [2.75, 3.05) is 33.3 Å². The predicted octanol–water partition coefficient (Wildman–Crippen LogP) is 2.60. The van der Waals surface area contributed by atoms with Gasteiger partial charge < -0.3 is 9.64 Å². The molecule has 5 heteroatoms. The fraction of sp³-hybridized carbons (Fsp3) is 0.300. The van der Waals surface area contributed by atoms with Gasteiger partial charge in [0.1, 0.15) is 12.4 Å². The van der Waals surface area contributed by atoms with Crippen LogP contribution in [0.1, 0.15) is 26.3 Å². The maximum Gasteiger partial charge on any atom is 0.261 e. The SMILES string of the molecule is Cc1ccccc1OCCN(C)CCN1C(=O)c2ccccc2C1=O. The minimum Gasteiger partial charge on any atom is -0.492 e. The molecule has 1 aliphatic heterocycles. The molecule has 1 aliphatic rings. The van der Waals surface area contributed by atoms with Crippen LogP contribution in [0.15, 0.2) is 48.5 Å². The van der Waals surface area contributed by atoms with Crippen LogP contribution >= 0.6 is 0 Å². The van der Waals surface area contributed by atoms with Crippen LogP contribution in [0.5, 0.6) is 5.75 Å². The fourth-order valence-corrected chi connectivity index (χ4v) is 2.85. The summed E-state index contributed by atoms with van der Waals surface area (Å²) in [6.45, 7) is 4.29. The van der Waals surface area contributed by atoms with E-state index in [-0.39, 0.29) is 11.8 Å². The topological polar surface area (TPSA) is 49.9 Å². The molecule has 0 unspecified atom stereocenters. The molecule has 130 valence electrons. The van der Waals surface area contributed by atoms with Crippen LogP contribution in [0.2, 0.25) is 0 Å². The normalized spacial score (nSPS) is 13.5. The fourth-order valence-electron chi connectivity index (χ4n) is 2.85. The predicted molar refractivity (Wildman–Crippen MR) is 96.0 cm³/mol. The highest BCUT2D eigenvalue weighted by atomic mass is 16.5. The van der Waals surface area contributed by atoms with Crippen LogP contribution < -0.4 is 4.74 Å². The van der Waals surface area contributed by atoms with E-state index in [1.165, 1.54) is 4.90 Å². The maximum atomic E-state index is 12.3. The Kier molecular flexibility index (Phi) is 5.14. The molecule has 0 N–H and O–H groups in total. The molecular formula is C20H22N2O3. The van der Waals surface area contributed by atoms with Crippen molar-refractivity contribution in [1.29, 1.82) is 0 Å². The van der Waals surface area contributed by atoms with Crippen molar-refractivity contribution in [2.45, 2.75) is 6.92 Å². The Morgan fingerprint density at radius 2 is 1.52 bits per heavy atom. The Morgan fingerprint density at radius 3 is 2.16 bits per heavy atom. The van der Waals surface area contributed by atoms with Gasteiger partial charge in [-0.25, -0.2) is 0 Å². The van der Waals surface area contributed by atoms with Crippen molar-refractivity contribution >= 4 is 11.8 Å². The van der Waals surface area contributed by atoms with Crippen molar-refractivity contribution in [3.05, 3.63) is 65.2 Å². The Bertz CT molecular complexity index is 753. The summed E-state index contributed by atoms with van der Waals surface area (Å²) in [5, 5.41) is 0. The van der Waals surface area contributed by atoms with Gasteiger partial charge >= 0.3 is 0 Å². The van der Waals surface area contributed by atoms with E-state index in [4.69, 9.17) is 4.74 Å². The van der Waals surface area contributed by atoms with Gasteiger partial charge in [0.05, 0.1) is 11.1 Å². The van der Waals surface area contributed by atoms with Gasteiger partial charge in [-0.05, 0) is 37.7 Å². The van der Waals surface area contributed by atoms with E-state index >= 15 is 0 Å². The van der Waals surface area contributed by atoms with Gasteiger partial charge in [-0.2, -0.15) is 0 Å². The number of fused-ring (bicyclic) bond motifs is 1. The van der Waals surface area contributed by atoms with E-state index in [1.54, 1.807) is 24.3 Å². The molecule has 2 aromatic carbocycles. The van der Waals surface area contributed by atoms with E-state index in [9.17, 15) is 9.59 Å². The van der Waals surface area contributed by atoms with Crippen molar-refractivity contribution in [3.8, 4) is 5.75 Å². The van der Waals surface area contributed by atoms with E-state index < -0.39 is 0 Å². The highest BCUT2D eigenvalue weighted by molar-refractivity contribution is 6.21. The number of nitrogens with zero attached hydrogens (tertiary/aromatic N) is 2. The van der Waals surface area contributed by atoms with Gasteiger partial charge in [0, 0.05) is 19.6 Å². The van der Waals surface area contributed by atoms with E-state index in [0.29, 0.717) is 30.8 Å². The Morgan fingerprint density at radius 1 is 0.920 bits per heavy atom. The van der Waals surface area contributed by atoms with Gasteiger partial charge in [-0.1, -0.05) is 30.3 Å². The molecule has 0 aromatic heterocycles. The van der Waals surface area contributed by atoms with Gasteiger partial charge in [0.15, 0.2) is 0 Å². The van der Waals surface area contributed by atoms with Crippen molar-refractivity contribution in [3.63, 3.8) is 0 Å². The molecule has 0 saturated heterocycles. The molecule has 0 fully saturated rings. The lowest BCUT2D eigenvalue weighted by Crippen LogP contribution is -2.38. The first kappa shape index (κ1) is 17.2. The third-order valence-electron chi connectivity index (χ3n) is 4.41. The molecule has 0 bridgehead atoms. The molecule has 25 heavy (non-hydrogen) atoms. The van der Waals surface area contributed by atoms with E-state index in [0.717, 1.165) is 17.9 Å². The van der Waals surface area contributed by atoms with Crippen LogP contribution in [0.4, 0.5) is 0 Å². The smallest absolute Gasteiger partial charge is 0.261 e. The second-order valence-corrected chi connectivity index (χ2v) is 6.22. The second-order valence-electron chi connectivity index (χ2n) is 6.22. The summed E-state index contributed by atoms with van der Waals surface area (Å²) in [7, 11) is 1.96. The highest BCUT2D eigenvalue weighted by Gasteiger charge is 2.34. The van der Waals surface area contributed by atoms with Crippen molar-refractivity contribution in [1.82, 2.24) is 9.80 Å². The average molecular weight is 338 g/mol. The van der Waals surface area contributed by atoms with Gasteiger partial charge in [-0.15, -0.1) is 0 Å².